The van der Waals surface area contributed by atoms with E-state index in [1.165, 1.54) is 7.11 Å². The number of rotatable bonds is 5. The molecule has 1 rings (SSSR count). The zero-order chi connectivity index (χ0) is 12.0. The maximum Gasteiger partial charge on any atom is 0.411 e. The van der Waals surface area contributed by atoms with Crippen LogP contribution in [0.4, 0.5) is 4.79 Å². The molecule has 5 nitrogen and oxygen atoms in total. The number of hydrogen-bond donors (Lipinski definition) is 0. The molecule has 1 aliphatic rings. The summed E-state index contributed by atoms with van der Waals surface area (Å²) in [6.45, 7) is 2.47. The number of ether oxygens (including phenoxy) is 2. The number of carbonyl (C=O) groups is 2. The van der Waals surface area contributed by atoms with Gasteiger partial charge in [0.15, 0.2) is 0 Å². The summed E-state index contributed by atoms with van der Waals surface area (Å²) in [4.78, 5) is 23.6. The molecular weight excluding hydrogens is 210 g/mol. The Balaban J connectivity index is 2.63. The van der Waals surface area contributed by atoms with Gasteiger partial charge < -0.3 is 14.3 Å². The van der Waals surface area contributed by atoms with E-state index in [0.717, 1.165) is 19.1 Å². The number of carbonyl (C=O) groups excluding carboxylic acids is 2. The van der Waals surface area contributed by atoms with E-state index in [1.54, 1.807) is 4.90 Å². The molecule has 1 heterocycles. The molecule has 1 unspecified atom stereocenters. The van der Waals surface area contributed by atoms with Crippen molar-refractivity contribution in [3.63, 3.8) is 0 Å². The van der Waals surface area contributed by atoms with Crippen LogP contribution >= 0.6 is 0 Å². The molecule has 0 spiro atoms. The normalized spacial score (nSPS) is 24.5. The predicted molar refractivity (Wildman–Crippen MR) is 58.0 cm³/mol. The zero-order valence-electron chi connectivity index (χ0n) is 9.85. The molecule has 1 aliphatic heterocycles. The molecule has 1 saturated heterocycles. The lowest BCUT2D eigenvalue weighted by atomic mass is 10.1. The van der Waals surface area contributed by atoms with Crippen molar-refractivity contribution in [2.75, 3.05) is 13.7 Å². The number of amides is 1. The second kappa shape index (κ2) is 6.48. The van der Waals surface area contributed by atoms with Crippen molar-refractivity contribution in [1.82, 2.24) is 4.90 Å². The molecule has 92 valence electrons. The first-order chi connectivity index (χ1) is 7.74. The Morgan fingerprint density at radius 1 is 1.50 bits per heavy atom. The monoisotopic (exact) mass is 229 g/mol. The maximum atomic E-state index is 11.6. The van der Waals surface area contributed by atoms with Crippen molar-refractivity contribution >= 4 is 12.4 Å². The number of aldehydes is 1. The summed E-state index contributed by atoms with van der Waals surface area (Å²) in [5.41, 5.74) is 0. The third-order valence-electron chi connectivity index (χ3n) is 2.81. The lowest BCUT2D eigenvalue weighted by molar-refractivity contribution is -0.108. The van der Waals surface area contributed by atoms with E-state index >= 15 is 0 Å². The van der Waals surface area contributed by atoms with Gasteiger partial charge in [-0.2, -0.15) is 0 Å². The fourth-order valence-corrected chi connectivity index (χ4v) is 2.12. The molecule has 0 N–H and O–H groups in total. The molecule has 0 aromatic rings. The topological polar surface area (TPSA) is 55.8 Å². The van der Waals surface area contributed by atoms with Crippen LogP contribution in [0.15, 0.2) is 0 Å². The molecule has 0 aliphatic carbocycles. The predicted octanol–water partition coefficient (Wildman–Crippen LogP) is 1.56. The lowest BCUT2D eigenvalue weighted by Gasteiger charge is -2.28. The Labute approximate surface area is 95.7 Å². The molecule has 0 bridgehead atoms. The Morgan fingerprint density at radius 2 is 2.25 bits per heavy atom. The summed E-state index contributed by atoms with van der Waals surface area (Å²) >= 11 is 0. The summed E-state index contributed by atoms with van der Waals surface area (Å²) < 4.78 is 10.2. The molecule has 0 aromatic carbocycles. The van der Waals surface area contributed by atoms with Crippen LogP contribution < -0.4 is 0 Å². The zero-order valence-corrected chi connectivity index (χ0v) is 9.85. The van der Waals surface area contributed by atoms with Crippen LogP contribution in [0.1, 0.15) is 32.6 Å². The van der Waals surface area contributed by atoms with Crippen molar-refractivity contribution < 1.29 is 19.1 Å². The van der Waals surface area contributed by atoms with E-state index in [1.807, 2.05) is 6.92 Å². The molecular formula is C11H19NO4. The van der Waals surface area contributed by atoms with Crippen LogP contribution in [0.5, 0.6) is 0 Å². The van der Waals surface area contributed by atoms with Crippen LogP contribution in [0.2, 0.25) is 0 Å². The molecule has 1 fully saturated rings. The Morgan fingerprint density at radius 3 is 2.81 bits per heavy atom. The van der Waals surface area contributed by atoms with Crippen LogP contribution in [0.3, 0.4) is 0 Å². The van der Waals surface area contributed by atoms with Crippen molar-refractivity contribution in [3.05, 3.63) is 0 Å². The second-order valence-corrected chi connectivity index (χ2v) is 3.76. The van der Waals surface area contributed by atoms with E-state index in [9.17, 15) is 9.59 Å². The van der Waals surface area contributed by atoms with Gasteiger partial charge in [-0.15, -0.1) is 0 Å². The average Bonchev–Trinajstić information content (AvgIpc) is 2.69. The second-order valence-electron chi connectivity index (χ2n) is 3.76. The number of methoxy groups -OCH3 is 1. The summed E-state index contributed by atoms with van der Waals surface area (Å²) in [5, 5.41) is 0. The highest BCUT2D eigenvalue weighted by Crippen LogP contribution is 2.28. The summed E-state index contributed by atoms with van der Waals surface area (Å²) in [5.74, 6) is 0. The minimum Gasteiger partial charge on any atom is -0.453 e. The van der Waals surface area contributed by atoms with E-state index in [-0.39, 0.29) is 18.4 Å². The van der Waals surface area contributed by atoms with Gasteiger partial charge in [-0.3, -0.25) is 4.90 Å². The molecule has 5 heteroatoms. The van der Waals surface area contributed by atoms with E-state index < -0.39 is 0 Å². The first-order valence-corrected chi connectivity index (χ1v) is 5.66. The number of likely N-dealkylation sites (tertiary alicyclic amines) is 1. The largest absolute Gasteiger partial charge is 0.453 e. The van der Waals surface area contributed by atoms with E-state index in [2.05, 4.69) is 0 Å². The third-order valence-corrected chi connectivity index (χ3v) is 2.81. The molecule has 1 amide bonds. The highest BCUT2D eigenvalue weighted by atomic mass is 16.6. The molecule has 16 heavy (non-hydrogen) atoms. The highest BCUT2D eigenvalue weighted by molar-refractivity contribution is 5.68. The van der Waals surface area contributed by atoms with Gasteiger partial charge in [-0.1, -0.05) is 0 Å². The first kappa shape index (κ1) is 13.0. The first-order valence-electron chi connectivity index (χ1n) is 5.66. The van der Waals surface area contributed by atoms with Gasteiger partial charge in [0, 0.05) is 19.1 Å². The number of hydrogen-bond acceptors (Lipinski definition) is 4. The molecule has 2 atom stereocenters. The fraction of sp³-hybridized carbons (Fsp3) is 0.818. The van der Waals surface area contributed by atoms with Gasteiger partial charge in [0.2, 0.25) is 0 Å². The Hall–Kier alpha value is -1.10. The van der Waals surface area contributed by atoms with Gasteiger partial charge in [0.25, 0.3) is 0 Å². The van der Waals surface area contributed by atoms with Crippen molar-refractivity contribution in [3.8, 4) is 0 Å². The summed E-state index contributed by atoms with van der Waals surface area (Å²) in [7, 11) is 1.36. The fourth-order valence-electron chi connectivity index (χ4n) is 2.12. The van der Waals surface area contributed by atoms with E-state index in [4.69, 9.17) is 9.47 Å². The summed E-state index contributed by atoms with van der Waals surface area (Å²) in [6, 6.07) is 0.0641. The van der Waals surface area contributed by atoms with Crippen LogP contribution in [0, 0.1) is 0 Å². The Bertz CT molecular complexity index is 244. The van der Waals surface area contributed by atoms with Gasteiger partial charge >= 0.3 is 6.09 Å². The summed E-state index contributed by atoms with van der Waals surface area (Å²) in [6.07, 6.45) is 3.14. The van der Waals surface area contributed by atoms with Crippen molar-refractivity contribution in [2.45, 2.75) is 44.9 Å². The minimum atomic E-state index is -0.369. The maximum absolute atomic E-state index is 11.6. The van der Waals surface area contributed by atoms with Crippen LogP contribution in [-0.2, 0) is 14.3 Å². The average molecular weight is 229 g/mol. The quantitative estimate of drug-likeness (QED) is 0.671. The smallest absolute Gasteiger partial charge is 0.411 e. The third kappa shape index (κ3) is 2.95. The molecule has 0 aromatic heterocycles. The lowest BCUT2D eigenvalue weighted by Crippen LogP contribution is -2.42. The van der Waals surface area contributed by atoms with Gasteiger partial charge in [-0.05, 0) is 26.2 Å². The van der Waals surface area contributed by atoms with Crippen LogP contribution in [-0.4, -0.2) is 43.3 Å². The highest BCUT2D eigenvalue weighted by Gasteiger charge is 2.37. The van der Waals surface area contributed by atoms with Gasteiger partial charge in [0.05, 0.1) is 7.11 Å². The number of nitrogens with zero attached hydrogens (tertiary/aromatic N) is 1. The minimum absolute atomic E-state index is 0.0641. The van der Waals surface area contributed by atoms with Crippen molar-refractivity contribution in [1.29, 1.82) is 0 Å². The standard InChI is InChI=1S/C11H19NO4/c1-3-16-10-7-6-9(5-4-8-13)12(10)11(14)15-2/h8-10H,3-7H2,1-2H3/t9-,10?/m1/s1. The van der Waals surface area contributed by atoms with Gasteiger partial charge in [-0.25, -0.2) is 4.79 Å². The molecule has 0 saturated carbocycles. The Kier molecular flexibility index (Phi) is 5.25. The van der Waals surface area contributed by atoms with Crippen molar-refractivity contribution in [2.24, 2.45) is 0 Å². The SMILES string of the molecule is CCOC1CC[C@@H](CCC=O)N1C(=O)OC. The van der Waals surface area contributed by atoms with Gasteiger partial charge in [0.1, 0.15) is 12.5 Å². The van der Waals surface area contributed by atoms with E-state index in [0.29, 0.717) is 19.4 Å². The van der Waals surface area contributed by atoms with Crippen LogP contribution in [0.25, 0.3) is 0 Å². The molecule has 0 radical (unpaired) electrons.